The first-order valence-electron chi connectivity index (χ1n) is 13.4. The Labute approximate surface area is 250 Å². The highest BCUT2D eigenvalue weighted by molar-refractivity contribution is 7.99. The molecule has 1 fully saturated rings. The molecule has 6 rings (SSSR count). The number of hydrogen-bond acceptors (Lipinski definition) is 3. The fourth-order valence-corrected chi connectivity index (χ4v) is 6.40. The SMILES string of the molecule is C[C@H](NC(=O)c1cc(-c2cc(F)cc(F)c2)cc2c1c(Sc1cccc(Cl)c1)cn2C1CC1)c1ccc(C(=O)O)cc1. The lowest BCUT2D eigenvalue weighted by Crippen LogP contribution is -2.27. The summed E-state index contributed by atoms with van der Waals surface area (Å²) in [5.74, 6) is -2.81. The molecule has 1 aliphatic rings. The zero-order valence-corrected chi connectivity index (χ0v) is 24.0. The molecule has 4 aromatic carbocycles. The molecule has 0 spiro atoms. The average molecular weight is 603 g/mol. The molecule has 42 heavy (non-hydrogen) atoms. The maximum Gasteiger partial charge on any atom is 0.335 e. The number of benzene rings is 4. The average Bonchev–Trinajstić information content (AvgIpc) is 3.74. The van der Waals surface area contributed by atoms with Gasteiger partial charge in [-0.2, -0.15) is 0 Å². The number of fused-ring (bicyclic) bond motifs is 1. The molecular formula is C33H25ClF2N2O3S. The molecule has 0 unspecified atom stereocenters. The second kappa shape index (κ2) is 11.3. The molecule has 212 valence electrons. The van der Waals surface area contributed by atoms with Gasteiger partial charge < -0.3 is 15.0 Å². The van der Waals surface area contributed by atoms with E-state index in [4.69, 9.17) is 11.6 Å². The lowest BCUT2D eigenvalue weighted by Gasteiger charge is -2.17. The van der Waals surface area contributed by atoms with Gasteiger partial charge in [0.15, 0.2) is 0 Å². The first kappa shape index (κ1) is 28.0. The van der Waals surface area contributed by atoms with Gasteiger partial charge in [-0.15, -0.1) is 0 Å². The van der Waals surface area contributed by atoms with Crippen molar-refractivity contribution < 1.29 is 23.5 Å². The Hall–Kier alpha value is -4.14. The standard InChI is InChI=1S/C33H25ClF2N2O3S/c1-18(19-5-7-20(8-6-19)33(40)41)37-32(39)28-13-22(21-11-24(35)16-25(36)12-21)14-29-31(28)30(17-38(29)26-9-10-26)42-27-4-2-3-23(34)15-27/h2-8,11-18,26H,9-10H2,1H3,(H,37,39)(H,40,41)/t18-/m0/s1. The summed E-state index contributed by atoms with van der Waals surface area (Å²) in [5.41, 5.74) is 2.89. The summed E-state index contributed by atoms with van der Waals surface area (Å²) in [6.45, 7) is 1.81. The molecular weight excluding hydrogens is 578 g/mol. The predicted molar refractivity (Wildman–Crippen MR) is 160 cm³/mol. The summed E-state index contributed by atoms with van der Waals surface area (Å²) in [5, 5.41) is 13.6. The van der Waals surface area contributed by atoms with Crippen molar-refractivity contribution in [2.45, 2.75) is 41.6 Å². The van der Waals surface area contributed by atoms with Gasteiger partial charge >= 0.3 is 5.97 Å². The van der Waals surface area contributed by atoms with Crippen LogP contribution in [0.3, 0.4) is 0 Å². The summed E-state index contributed by atoms with van der Waals surface area (Å²) in [4.78, 5) is 27.0. The minimum atomic E-state index is -1.03. The van der Waals surface area contributed by atoms with Crippen molar-refractivity contribution in [1.82, 2.24) is 9.88 Å². The van der Waals surface area contributed by atoms with Crippen molar-refractivity contribution >= 4 is 46.1 Å². The van der Waals surface area contributed by atoms with Crippen molar-refractivity contribution in [3.8, 4) is 11.1 Å². The number of carboxylic acids is 1. The second-order valence-corrected chi connectivity index (χ2v) is 11.9. The molecule has 0 aliphatic heterocycles. The first-order valence-corrected chi connectivity index (χ1v) is 14.6. The molecule has 5 aromatic rings. The van der Waals surface area contributed by atoms with E-state index >= 15 is 0 Å². The van der Waals surface area contributed by atoms with Crippen LogP contribution >= 0.6 is 23.4 Å². The molecule has 9 heteroatoms. The number of nitrogens with zero attached hydrogens (tertiary/aromatic N) is 1. The van der Waals surface area contributed by atoms with Crippen molar-refractivity contribution in [1.29, 1.82) is 0 Å². The Bertz CT molecular complexity index is 1830. The van der Waals surface area contributed by atoms with E-state index in [1.165, 1.54) is 36.0 Å². The maximum atomic E-state index is 14.2. The number of aromatic carboxylic acids is 1. The molecule has 1 heterocycles. The van der Waals surface area contributed by atoms with Crippen LogP contribution in [-0.4, -0.2) is 21.6 Å². The van der Waals surface area contributed by atoms with Crippen LogP contribution < -0.4 is 5.32 Å². The smallest absolute Gasteiger partial charge is 0.335 e. The molecule has 1 amide bonds. The third-order valence-corrected chi connectivity index (χ3v) is 8.56. The van der Waals surface area contributed by atoms with Gasteiger partial charge in [-0.3, -0.25) is 4.79 Å². The summed E-state index contributed by atoms with van der Waals surface area (Å²) in [6.07, 6.45) is 4.03. The Morgan fingerprint density at radius 3 is 2.31 bits per heavy atom. The van der Waals surface area contributed by atoms with Gasteiger partial charge in [0, 0.05) is 38.5 Å². The quantitative estimate of drug-likeness (QED) is 0.186. The minimum absolute atomic E-state index is 0.151. The molecule has 1 aromatic heterocycles. The molecule has 0 bridgehead atoms. The maximum absolute atomic E-state index is 14.2. The zero-order chi connectivity index (χ0) is 29.5. The monoisotopic (exact) mass is 602 g/mol. The fraction of sp³-hybridized carbons (Fsp3) is 0.152. The van der Waals surface area contributed by atoms with E-state index in [-0.39, 0.29) is 17.5 Å². The van der Waals surface area contributed by atoms with E-state index in [0.29, 0.717) is 21.7 Å². The van der Waals surface area contributed by atoms with Crippen LogP contribution in [0.25, 0.3) is 22.0 Å². The third kappa shape index (κ3) is 5.78. The Kier molecular flexibility index (Phi) is 7.51. The Morgan fingerprint density at radius 1 is 0.976 bits per heavy atom. The lowest BCUT2D eigenvalue weighted by molar-refractivity contribution is 0.0696. The van der Waals surface area contributed by atoms with E-state index in [2.05, 4.69) is 9.88 Å². The van der Waals surface area contributed by atoms with Gasteiger partial charge in [0.1, 0.15) is 11.6 Å². The van der Waals surface area contributed by atoms with E-state index in [1.807, 2.05) is 37.4 Å². The highest BCUT2D eigenvalue weighted by atomic mass is 35.5. The highest BCUT2D eigenvalue weighted by Gasteiger charge is 2.29. The summed E-state index contributed by atoms with van der Waals surface area (Å²) < 4.78 is 30.6. The highest BCUT2D eigenvalue weighted by Crippen LogP contribution is 2.45. The molecule has 1 atom stereocenters. The van der Waals surface area contributed by atoms with Crippen molar-refractivity contribution in [2.75, 3.05) is 0 Å². The lowest BCUT2D eigenvalue weighted by atomic mass is 9.98. The number of halogens is 3. The van der Waals surface area contributed by atoms with Crippen molar-refractivity contribution in [3.63, 3.8) is 0 Å². The van der Waals surface area contributed by atoms with Gasteiger partial charge in [-0.05, 0) is 91.1 Å². The number of amides is 1. The second-order valence-electron chi connectivity index (χ2n) is 10.4. The summed E-state index contributed by atoms with van der Waals surface area (Å²) in [6, 6.07) is 20.5. The van der Waals surface area contributed by atoms with Crippen LogP contribution in [0.5, 0.6) is 0 Å². The van der Waals surface area contributed by atoms with Gasteiger partial charge in [0.05, 0.1) is 22.7 Å². The van der Waals surface area contributed by atoms with Crippen LogP contribution in [-0.2, 0) is 0 Å². The molecule has 0 saturated heterocycles. The van der Waals surface area contributed by atoms with Gasteiger partial charge in [-0.1, -0.05) is 41.6 Å². The van der Waals surface area contributed by atoms with Crippen molar-refractivity contribution in [2.24, 2.45) is 0 Å². The number of carbonyl (C=O) groups is 2. The van der Waals surface area contributed by atoms with E-state index in [9.17, 15) is 23.5 Å². The minimum Gasteiger partial charge on any atom is -0.478 e. The van der Waals surface area contributed by atoms with Crippen LogP contribution in [0.4, 0.5) is 8.78 Å². The normalized spacial score (nSPS) is 13.7. The summed E-state index contributed by atoms with van der Waals surface area (Å²) in [7, 11) is 0. The van der Waals surface area contributed by atoms with Crippen LogP contribution in [0.2, 0.25) is 5.02 Å². The number of rotatable bonds is 8. The molecule has 0 radical (unpaired) electrons. The van der Waals surface area contributed by atoms with E-state index < -0.39 is 23.6 Å². The first-order chi connectivity index (χ1) is 20.2. The van der Waals surface area contributed by atoms with E-state index in [1.54, 1.807) is 24.3 Å². The molecule has 5 nitrogen and oxygen atoms in total. The number of hydrogen-bond donors (Lipinski definition) is 2. The van der Waals surface area contributed by atoms with Crippen LogP contribution in [0.1, 0.15) is 58.1 Å². The predicted octanol–water partition coefficient (Wildman–Crippen LogP) is 8.92. The van der Waals surface area contributed by atoms with Gasteiger partial charge in [0.25, 0.3) is 5.91 Å². The zero-order valence-electron chi connectivity index (χ0n) is 22.4. The number of carbonyl (C=O) groups excluding carboxylic acids is 1. The molecule has 1 aliphatic carbocycles. The Morgan fingerprint density at radius 2 is 1.67 bits per heavy atom. The number of aromatic nitrogens is 1. The Balaban J connectivity index is 1.48. The topological polar surface area (TPSA) is 71.3 Å². The van der Waals surface area contributed by atoms with Crippen LogP contribution in [0, 0.1) is 11.6 Å². The fourth-order valence-electron chi connectivity index (χ4n) is 5.08. The largest absolute Gasteiger partial charge is 0.478 e. The molecule has 2 N–H and O–H groups in total. The van der Waals surface area contributed by atoms with Crippen LogP contribution in [0.15, 0.2) is 94.9 Å². The van der Waals surface area contributed by atoms with Gasteiger partial charge in [0.2, 0.25) is 0 Å². The van der Waals surface area contributed by atoms with Gasteiger partial charge in [-0.25, -0.2) is 13.6 Å². The number of carboxylic acid groups (broad SMARTS) is 1. The number of nitrogens with one attached hydrogen (secondary N) is 1. The van der Waals surface area contributed by atoms with E-state index in [0.717, 1.165) is 45.2 Å². The molecule has 1 saturated carbocycles. The third-order valence-electron chi connectivity index (χ3n) is 7.31. The van der Waals surface area contributed by atoms with Crippen molar-refractivity contribution in [3.05, 3.63) is 118 Å². The summed E-state index contributed by atoms with van der Waals surface area (Å²) >= 11 is 7.75.